The minimum absolute atomic E-state index is 0.0690. The molecule has 1 unspecified atom stereocenters. The molecule has 3 aliphatic heterocycles. The Morgan fingerprint density at radius 2 is 1.50 bits per heavy atom. The number of nitrogens with zero attached hydrogens (tertiary/aromatic N) is 3. The summed E-state index contributed by atoms with van der Waals surface area (Å²) >= 11 is 6.06. The number of rotatable bonds is 8. The van der Waals surface area contributed by atoms with Gasteiger partial charge in [-0.25, -0.2) is 13.2 Å². The molecule has 0 N–H and O–H groups in total. The number of amides is 1. The van der Waals surface area contributed by atoms with Crippen molar-refractivity contribution < 1.29 is 17.9 Å². The molecule has 3 fully saturated rings. The lowest BCUT2D eigenvalue weighted by Gasteiger charge is -2.42. The van der Waals surface area contributed by atoms with Crippen LogP contribution >= 0.6 is 11.6 Å². The fourth-order valence-corrected chi connectivity index (χ4v) is 8.64. The lowest BCUT2D eigenvalue weighted by Crippen LogP contribution is -2.53. The monoisotopic (exact) mass is 587 g/mol. The minimum Gasteiger partial charge on any atom is -0.448 e. The number of benzene rings is 2. The van der Waals surface area contributed by atoms with E-state index in [1.54, 1.807) is 33.5 Å². The fourth-order valence-electron chi connectivity index (χ4n) is 6.62. The van der Waals surface area contributed by atoms with Crippen molar-refractivity contribution in [2.45, 2.75) is 87.2 Å². The molecule has 7 nitrogen and oxygen atoms in total. The molecule has 3 aliphatic rings. The van der Waals surface area contributed by atoms with Crippen molar-refractivity contribution in [1.82, 2.24) is 14.1 Å². The molecule has 0 aromatic heterocycles. The first-order chi connectivity index (χ1) is 19.4. The van der Waals surface area contributed by atoms with Crippen LogP contribution in [0.15, 0.2) is 59.5 Å². The lowest BCUT2D eigenvalue weighted by atomic mass is 9.94. The van der Waals surface area contributed by atoms with Crippen molar-refractivity contribution in [1.29, 1.82) is 0 Å². The highest BCUT2D eigenvalue weighted by molar-refractivity contribution is 7.89. The van der Waals surface area contributed by atoms with Gasteiger partial charge < -0.3 is 14.5 Å². The quantitative estimate of drug-likeness (QED) is 0.380. The summed E-state index contributed by atoms with van der Waals surface area (Å²) in [5.74, 6) is 0. The van der Waals surface area contributed by atoms with E-state index in [2.05, 4.69) is 17.0 Å². The van der Waals surface area contributed by atoms with Gasteiger partial charge in [-0.05, 0) is 94.3 Å². The molecule has 1 amide bonds. The largest absolute Gasteiger partial charge is 0.448 e. The van der Waals surface area contributed by atoms with Crippen molar-refractivity contribution in [3.8, 4) is 0 Å². The average molecular weight is 588 g/mol. The molecular formula is C31H42ClN3O4S. The third-order valence-corrected chi connectivity index (χ3v) is 11.1. The number of hydrogen-bond acceptors (Lipinski definition) is 5. The molecule has 3 saturated heterocycles. The van der Waals surface area contributed by atoms with Gasteiger partial charge in [0.05, 0.1) is 10.9 Å². The van der Waals surface area contributed by atoms with Crippen LogP contribution in [0.2, 0.25) is 5.02 Å². The van der Waals surface area contributed by atoms with Crippen molar-refractivity contribution in [2.24, 2.45) is 0 Å². The van der Waals surface area contributed by atoms with Gasteiger partial charge in [0.15, 0.2) is 0 Å². The molecule has 2 atom stereocenters. The molecule has 0 bridgehead atoms. The zero-order chi connectivity index (χ0) is 28.0. The first-order valence-corrected chi connectivity index (χ1v) is 16.7. The average Bonchev–Trinajstić information content (AvgIpc) is 3.00. The van der Waals surface area contributed by atoms with Gasteiger partial charge in [-0.15, -0.1) is 0 Å². The first kappa shape index (κ1) is 29.4. The van der Waals surface area contributed by atoms with Crippen LogP contribution in [0, 0.1) is 0 Å². The van der Waals surface area contributed by atoms with E-state index in [9.17, 15) is 13.2 Å². The van der Waals surface area contributed by atoms with Crippen LogP contribution in [0.3, 0.4) is 0 Å². The summed E-state index contributed by atoms with van der Waals surface area (Å²) in [5, 5.41) is 0.493. The summed E-state index contributed by atoms with van der Waals surface area (Å²) in [6, 6.07) is 16.5. The number of sulfonamides is 1. The van der Waals surface area contributed by atoms with Crippen molar-refractivity contribution in [2.75, 3.05) is 32.8 Å². The minimum atomic E-state index is -3.81. The van der Waals surface area contributed by atoms with Gasteiger partial charge in [0.2, 0.25) is 10.0 Å². The van der Waals surface area contributed by atoms with E-state index in [0.717, 1.165) is 32.1 Å². The predicted octanol–water partition coefficient (Wildman–Crippen LogP) is 5.97. The van der Waals surface area contributed by atoms with Crippen molar-refractivity contribution in [3.63, 3.8) is 0 Å². The number of piperidine rings is 3. The Bertz CT molecular complexity index is 1200. The summed E-state index contributed by atoms with van der Waals surface area (Å²) in [5.41, 5.74) is 1.19. The maximum Gasteiger partial charge on any atom is 0.409 e. The normalized spacial score (nSPS) is 23.7. The number of carbonyl (C=O) groups excluding carboxylic acids is 1. The Balaban J connectivity index is 1.25. The molecule has 3 heterocycles. The zero-order valence-electron chi connectivity index (χ0n) is 23.3. The molecule has 0 radical (unpaired) electrons. The second-order valence-corrected chi connectivity index (χ2v) is 13.7. The summed E-state index contributed by atoms with van der Waals surface area (Å²) < 4.78 is 35.5. The molecule has 0 aliphatic carbocycles. The van der Waals surface area contributed by atoms with Gasteiger partial charge in [0.25, 0.3) is 0 Å². The number of ether oxygens (including phenoxy) is 1. The Morgan fingerprint density at radius 1 is 0.825 bits per heavy atom. The molecule has 2 aromatic carbocycles. The van der Waals surface area contributed by atoms with Crippen molar-refractivity contribution in [3.05, 3.63) is 65.2 Å². The Labute approximate surface area is 244 Å². The number of likely N-dealkylation sites (tertiary alicyclic amines) is 2. The predicted molar refractivity (Wildman–Crippen MR) is 158 cm³/mol. The van der Waals surface area contributed by atoms with E-state index in [1.807, 2.05) is 18.2 Å². The van der Waals surface area contributed by atoms with Crippen LogP contribution in [0.25, 0.3) is 0 Å². The number of hydrogen-bond donors (Lipinski definition) is 0. The molecule has 0 saturated carbocycles. The van der Waals surface area contributed by atoms with Crippen LogP contribution < -0.4 is 0 Å². The topological polar surface area (TPSA) is 70.2 Å². The molecule has 9 heteroatoms. The smallest absolute Gasteiger partial charge is 0.409 e. The van der Waals surface area contributed by atoms with E-state index in [4.69, 9.17) is 16.3 Å². The van der Waals surface area contributed by atoms with Gasteiger partial charge >= 0.3 is 6.09 Å². The summed E-state index contributed by atoms with van der Waals surface area (Å²) in [6.45, 7) is 3.79. The summed E-state index contributed by atoms with van der Waals surface area (Å²) in [6.07, 6.45) is 9.32. The van der Waals surface area contributed by atoms with Gasteiger partial charge in [-0.2, -0.15) is 4.31 Å². The van der Waals surface area contributed by atoms with Crippen LogP contribution in [0.4, 0.5) is 4.79 Å². The number of halogens is 1. The zero-order valence-corrected chi connectivity index (χ0v) is 24.9. The molecule has 5 rings (SSSR count). The summed E-state index contributed by atoms with van der Waals surface area (Å²) in [7, 11) is -3.81. The SMILES string of the molecule is O=C(OCC1CCC[C@@H](CCc2ccccc2)N1S(=O)(=O)c1ccc(Cl)cc1)N1CCC(N2CCCCC2)CC1. The van der Waals surface area contributed by atoms with Crippen LogP contribution in [-0.2, 0) is 21.2 Å². The summed E-state index contributed by atoms with van der Waals surface area (Å²) in [4.78, 5) is 17.7. The maximum atomic E-state index is 14.0. The molecule has 2 aromatic rings. The van der Waals surface area contributed by atoms with Gasteiger partial charge in [-0.1, -0.05) is 54.8 Å². The highest BCUT2D eigenvalue weighted by Gasteiger charge is 2.40. The fraction of sp³-hybridized carbons (Fsp3) is 0.581. The van der Waals surface area contributed by atoms with Gasteiger partial charge in [-0.3, -0.25) is 0 Å². The van der Waals surface area contributed by atoms with Crippen LogP contribution in [0.1, 0.15) is 63.4 Å². The Hall–Kier alpha value is -2.13. The highest BCUT2D eigenvalue weighted by Crippen LogP contribution is 2.33. The van der Waals surface area contributed by atoms with Gasteiger partial charge in [0, 0.05) is 30.2 Å². The Morgan fingerprint density at radius 3 is 2.20 bits per heavy atom. The molecular weight excluding hydrogens is 546 g/mol. The lowest BCUT2D eigenvalue weighted by molar-refractivity contribution is 0.0443. The third-order valence-electron chi connectivity index (χ3n) is 8.82. The van der Waals surface area contributed by atoms with Gasteiger partial charge in [0.1, 0.15) is 6.61 Å². The highest BCUT2D eigenvalue weighted by atomic mass is 35.5. The number of aryl methyl sites for hydroxylation is 1. The third kappa shape index (κ3) is 7.19. The van der Waals surface area contributed by atoms with Crippen molar-refractivity contribution >= 4 is 27.7 Å². The van der Waals surface area contributed by atoms with Crippen LogP contribution in [-0.4, -0.2) is 79.5 Å². The molecule has 218 valence electrons. The van der Waals surface area contributed by atoms with Crippen LogP contribution in [0.5, 0.6) is 0 Å². The number of carbonyl (C=O) groups is 1. The van der Waals surface area contributed by atoms with E-state index in [1.165, 1.54) is 37.9 Å². The van der Waals surface area contributed by atoms with E-state index in [-0.39, 0.29) is 23.6 Å². The Kier molecular flexibility index (Phi) is 10.0. The maximum absolute atomic E-state index is 14.0. The van der Waals surface area contributed by atoms with E-state index in [0.29, 0.717) is 37.0 Å². The second-order valence-electron chi connectivity index (χ2n) is 11.4. The van der Waals surface area contributed by atoms with E-state index >= 15 is 0 Å². The first-order valence-electron chi connectivity index (χ1n) is 14.9. The second kappa shape index (κ2) is 13.7. The molecule has 0 spiro atoms. The van der Waals surface area contributed by atoms with E-state index < -0.39 is 16.1 Å². The molecule has 40 heavy (non-hydrogen) atoms. The standard InChI is InChI=1S/C31H42ClN3O4S/c32-26-13-16-30(17-14-26)40(37,38)35-28(15-12-25-8-3-1-4-9-25)10-7-11-29(35)24-39-31(36)34-22-18-27(19-23-34)33-20-5-2-6-21-33/h1,3-4,8-9,13-14,16-17,27-29H,2,5-7,10-12,15,18-24H2/t28-,29?/m0/s1.